The second-order valence-electron chi connectivity index (χ2n) is 13.9. The lowest BCUT2D eigenvalue weighted by Gasteiger charge is -2.42. The lowest BCUT2D eigenvalue weighted by molar-refractivity contribution is 0.0801. The van der Waals surface area contributed by atoms with E-state index >= 15 is 0 Å². The molecule has 3 N–H and O–H groups in total. The predicted molar refractivity (Wildman–Crippen MR) is 148 cm³/mol. The normalized spacial score (nSPS) is 38.3. The van der Waals surface area contributed by atoms with Gasteiger partial charge in [-0.15, -0.1) is 0 Å². The van der Waals surface area contributed by atoms with Crippen molar-refractivity contribution in [2.24, 2.45) is 35.5 Å². The van der Waals surface area contributed by atoms with Gasteiger partial charge in [-0.05, 0) is 105 Å². The van der Waals surface area contributed by atoms with E-state index < -0.39 is 0 Å². The maximum absolute atomic E-state index is 13.5. The SMILES string of the molecule is O=C(NC1CC2CCC1CC2)c1cc(C(=O)NC2CC3CCC2CC3)nc(C(=O)NC2CC3CCC2CC3)c1. The minimum Gasteiger partial charge on any atom is -0.349 e. The summed E-state index contributed by atoms with van der Waals surface area (Å²) >= 11 is 0. The summed E-state index contributed by atoms with van der Waals surface area (Å²) < 4.78 is 0. The molecule has 0 spiro atoms. The van der Waals surface area contributed by atoms with E-state index in [1.54, 1.807) is 12.1 Å². The monoisotopic (exact) mass is 532 g/mol. The molecule has 1 heterocycles. The van der Waals surface area contributed by atoms with Gasteiger partial charge in [-0.1, -0.05) is 38.5 Å². The maximum atomic E-state index is 13.5. The molecule has 1 aromatic rings. The van der Waals surface area contributed by atoms with E-state index in [2.05, 4.69) is 20.9 Å². The van der Waals surface area contributed by atoms with Crippen molar-refractivity contribution in [3.8, 4) is 0 Å². The number of nitrogens with zero attached hydrogens (tertiary/aromatic N) is 1. The van der Waals surface area contributed by atoms with Crippen molar-refractivity contribution >= 4 is 17.7 Å². The molecule has 0 saturated heterocycles. The van der Waals surface area contributed by atoms with Crippen LogP contribution < -0.4 is 16.0 Å². The third-order valence-electron chi connectivity index (χ3n) is 11.6. The zero-order valence-electron chi connectivity index (χ0n) is 23.1. The molecule has 9 aliphatic rings. The van der Waals surface area contributed by atoms with E-state index in [-0.39, 0.29) is 47.2 Å². The van der Waals surface area contributed by atoms with E-state index in [4.69, 9.17) is 0 Å². The van der Waals surface area contributed by atoms with Gasteiger partial charge < -0.3 is 16.0 Å². The molecule has 7 nitrogen and oxygen atoms in total. The van der Waals surface area contributed by atoms with E-state index in [9.17, 15) is 14.4 Å². The van der Waals surface area contributed by atoms with Gasteiger partial charge in [-0.3, -0.25) is 14.4 Å². The molecule has 10 rings (SSSR count). The summed E-state index contributed by atoms with van der Waals surface area (Å²) in [5.41, 5.74) is 0.742. The fourth-order valence-electron chi connectivity index (χ4n) is 9.29. The molecule has 3 amide bonds. The topological polar surface area (TPSA) is 100 Å². The number of fused-ring (bicyclic) bond motifs is 9. The average molecular weight is 533 g/mol. The van der Waals surface area contributed by atoms with Crippen LogP contribution in [0.4, 0.5) is 0 Å². The fraction of sp³-hybridized carbons (Fsp3) is 0.750. The summed E-state index contributed by atoms with van der Waals surface area (Å²) in [5.74, 6) is 2.98. The minimum atomic E-state index is -0.260. The van der Waals surface area contributed by atoms with Crippen molar-refractivity contribution in [1.82, 2.24) is 20.9 Å². The van der Waals surface area contributed by atoms with E-state index in [0.717, 1.165) is 19.3 Å². The molecule has 7 heteroatoms. The first-order chi connectivity index (χ1) is 19.0. The minimum absolute atomic E-state index is 0.164. The maximum Gasteiger partial charge on any atom is 0.270 e. The zero-order valence-corrected chi connectivity index (χ0v) is 23.1. The highest BCUT2D eigenvalue weighted by Crippen LogP contribution is 2.43. The highest BCUT2D eigenvalue weighted by atomic mass is 16.2. The molecule has 1 aromatic heterocycles. The van der Waals surface area contributed by atoms with Crippen LogP contribution in [0.3, 0.4) is 0 Å². The van der Waals surface area contributed by atoms with Crippen LogP contribution in [-0.2, 0) is 0 Å². The van der Waals surface area contributed by atoms with Crippen molar-refractivity contribution < 1.29 is 14.4 Å². The lowest BCUT2D eigenvalue weighted by atomic mass is 9.68. The van der Waals surface area contributed by atoms with Crippen molar-refractivity contribution in [2.45, 2.75) is 114 Å². The van der Waals surface area contributed by atoms with Gasteiger partial charge in [0.15, 0.2) is 0 Å². The first-order valence-corrected chi connectivity index (χ1v) is 15.9. The number of pyridine rings is 1. The van der Waals surface area contributed by atoms with Crippen LogP contribution in [0.15, 0.2) is 12.1 Å². The molecule has 9 aliphatic carbocycles. The smallest absolute Gasteiger partial charge is 0.270 e. The average Bonchev–Trinajstić information content (AvgIpc) is 2.99. The van der Waals surface area contributed by atoms with Crippen molar-refractivity contribution in [2.75, 3.05) is 0 Å². The predicted octanol–water partition coefficient (Wildman–Crippen LogP) is 5.01. The first kappa shape index (κ1) is 25.5. The molecular weight excluding hydrogens is 488 g/mol. The number of hydrogen-bond acceptors (Lipinski definition) is 4. The molecular formula is C32H44N4O3. The van der Waals surface area contributed by atoms with Crippen molar-refractivity contribution in [3.05, 3.63) is 29.1 Å². The second-order valence-corrected chi connectivity index (χ2v) is 13.9. The third kappa shape index (κ3) is 5.22. The number of hydrogen-bond donors (Lipinski definition) is 3. The van der Waals surface area contributed by atoms with Gasteiger partial charge in [-0.25, -0.2) is 4.98 Å². The number of nitrogens with one attached hydrogen (secondary N) is 3. The number of aromatic nitrogens is 1. The fourth-order valence-corrected chi connectivity index (χ4v) is 9.29. The molecule has 0 aliphatic heterocycles. The van der Waals surface area contributed by atoms with E-state index in [1.165, 1.54) is 77.0 Å². The standard InChI is InChI=1S/C32H44N4O3/c37-30(34-25-13-18-1-7-21(25)8-2-18)24-16-28(31(38)35-26-14-19-3-9-22(26)10-4-19)33-29(17-24)32(39)36-27-15-20-5-11-23(27)12-6-20/h16-23,25-27H,1-15H2,(H,34,37)(H,35,38)(H,36,39). The van der Waals surface area contributed by atoms with Crippen molar-refractivity contribution in [3.63, 3.8) is 0 Å². The Morgan fingerprint density at radius 2 is 0.846 bits per heavy atom. The van der Waals surface area contributed by atoms with Gasteiger partial charge in [0, 0.05) is 23.7 Å². The number of carbonyl (C=O) groups is 3. The highest BCUT2D eigenvalue weighted by molar-refractivity contribution is 6.02. The molecule has 210 valence electrons. The second kappa shape index (κ2) is 10.5. The van der Waals surface area contributed by atoms with Crippen LogP contribution in [0.25, 0.3) is 0 Å². The van der Waals surface area contributed by atoms with Gasteiger partial charge in [0.25, 0.3) is 17.7 Å². The summed E-state index contributed by atoms with van der Waals surface area (Å²) in [6.07, 6.45) is 17.7. The van der Waals surface area contributed by atoms with Gasteiger partial charge in [0.1, 0.15) is 11.4 Å². The lowest BCUT2D eigenvalue weighted by Crippen LogP contribution is -2.48. The molecule has 39 heavy (non-hydrogen) atoms. The Morgan fingerprint density at radius 1 is 0.513 bits per heavy atom. The summed E-state index contributed by atoms with van der Waals surface area (Å²) in [6.45, 7) is 0. The molecule has 9 saturated carbocycles. The van der Waals surface area contributed by atoms with Crippen LogP contribution >= 0.6 is 0 Å². The van der Waals surface area contributed by atoms with E-state index in [1.807, 2.05) is 0 Å². The Morgan fingerprint density at radius 3 is 1.15 bits per heavy atom. The Hall–Kier alpha value is -2.44. The van der Waals surface area contributed by atoms with Crippen molar-refractivity contribution in [1.29, 1.82) is 0 Å². The summed E-state index contributed by atoms with van der Waals surface area (Å²) in [6, 6.07) is 3.72. The summed E-state index contributed by atoms with van der Waals surface area (Å²) in [4.78, 5) is 45.1. The van der Waals surface area contributed by atoms with Crippen LogP contribution in [0, 0.1) is 35.5 Å². The molecule has 9 fully saturated rings. The Labute approximate surface area is 232 Å². The molecule has 3 unspecified atom stereocenters. The van der Waals surface area contributed by atoms with Gasteiger partial charge in [-0.2, -0.15) is 0 Å². The Balaban J connectivity index is 1.11. The Kier molecular flexibility index (Phi) is 6.88. The largest absolute Gasteiger partial charge is 0.349 e. The molecule has 3 atom stereocenters. The van der Waals surface area contributed by atoms with Crippen LogP contribution in [-0.4, -0.2) is 40.8 Å². The first-order valence-electron chi connectivity index (χ1n) is 15.9. The quantitative estimate of drug-likeness (QED) is 0.480. The van der Waals surface area contributed by atoms with Crippen LogP contribution in [0.5, 0.6) is 0 Å². The molecule has 6 bridgehead atoms. The van der Waals surface area contributed by atoms with E-state index in [0.29, 0.717) is 41.1 Å². The number of carbonyl (C=O) groups excluding carboxylic acids is 3. The highest BCUT2D eigenvalue weighted by Gasteiger charge is 2.39. The van der Waals surface area contributed by atoms with Crippen LogP contribution in [0.2, 0.25) is 0 Å². The Bertz CT molecular complexity index is 962. The molecule has 0 aromatic carbocycles. The van der Waals surface area contributed by atoms with Gasteiger partial charge >= 0.3 is 0 Å². The summed E-state index contributed by atoms with van der Waals surface area (Å²) in [5, 5.41) is 9.76. The third-order valence-corrected chi connectivity index (χ3v) is 11.6. The number of rotatable bonds is 6. The van der Waals surface area contributed by atoms with Gasteiger partial charge in [0.05, 0.1) is 0 Å². The van der Waals surface area contributed by atoms with Crippen LogP contribution in [0.1, 0.15) is 128 Å². The van der Waals surface area contributed by atoms with Gasteiger partial charge in [0.2, 0.25) is 0 Å². The zero-order chi connectivity index (χ0) is 26.5. The number of amides is 3. The summed E-state index contributed by atoms with van der Waals surface area (Å²) in [7, 11) is 0. The molecule has 0 radical (unpaired) electrons.